The van der Waals surface area contributed by atoms with E-state index in [4.69, 9.17) is 11.6 Å². The van der Waals surface area contributed by atoms with Crippen molar-refractivity contribution in [3.8, 4) is 0 Å². The third-order valence-corrected chi connectivity index (χ3v) is 4.28. The van der Waals surface area contributed by atoms with Gasteiger partial charge in [0.25, 0.3) is 0 Å². The van der Waals surface area contributed by atoms with E-state index in [2.05, 4.69) is 21.7 Å². The molecule has 1 aromatic rings. The van der Waals surface area contributed by atoms with Gasteiger partial charge in [0.2, 0.25) is 0 Å². The summed E-state index contributed by atoms with van der Waals surface area (Å²) in [6.07, 6.45) is 7.69. The Morgan fingerprint density at radius 3 is 2.56 bits per heavy atom. The van der Waals surface area contributed by atoms with E-state index in [1.54, 1.807) is 0 Å². The fraction of sp³-hybridized carbons (Fsp3) is 0.833. The monoisotopic (exact) mass is 239 g/mol. The van der Waals surface area contributed by atoms with Crippen LogP contribution in [0.1, 0.15) is 63.1 Å². The molecule has 2 saturated carbocycles. The van der Waals surface area contributed by atoms with Crippen molar-refractivity contribution in [3.05, 3.63) is 11.6 Å². The zero-order valence-corrected chi connectivity index (χ0v) is 10.5. The Hall–Kier alpha value is -0.570. The van der Waals surface area contributed by atoms with Gasteiger partial charge < -0.3 is 4.57 Å². The van der Waals surface area contributed by atoms with Gasteiger partial charge in [-0.15, -0.1) is 21.8 Å². The van der Waals surface area contributed by atoms with Crippen LogP contribution in [0.2, 0.25) is 0 Å². The lowest BCUT2D eigenvalue weighted by Gasteiger charge is -2.23. The second-order valence-corrected chi connectivity index (χ2v) is 5.71. The minimum absolute atomic E-state index is 0.250. The summed E-state index contributed by atoms with van der Waals surface area (Å²) in [5.74, 6) is 2.65. The van der Waals surface area contributed by atoms with Crippen molar-refractivity contribution in [2.45, 2.75) is 62.8 Å². The molecule has 0 atom stereocenters. The summed E-state index contributed by atoms with van der Waals surface area (Å²) in [4.78, 5) is 0. The molecule has 88 valence electrons. The van der Waals surface area contributed by atoms with Crippen LogP contribution in [-0.2, 0) is 11.3 Å². The van der Waals surface area contributed by atoms with Crippen molar-refractivity contribution >= 4 is 11.6 Å². The van der Waals surface area contributed by atoms with E-state index in [1.807, 2.05) is 0 Å². The number of nitrogens with zero attached hydrogens (tertiary/aromatic N) is 3. The summed E-state index contributed by atoms with van der Waals surface area (Å²) in [5.41, 5.74) is 0.250. The van der Waals surface area contributed by atoms with Gasteiger partial charge in [0.15, 0.2) is 0 Å². The summed E-state index contributed by atoms with van der Waals surface area (Å²) in [5, 5.41) is 8.70. The highest BCUT2D eigenvalue weighted by Gasteiger charge is 2.39. The first-order valence-corrected chi connectivity index (χ1v) is 6.78. The first-order chi connectivity index (χ1) is 7.74. The first kappa shape index (κ1) is 10.6. The molecule has 3 rings (SSSR count). The zero-order chi connectivity index (χ0) is 11.2. The maximum Gasteiger partial charge on any atom is 0.148 e. The van der Waals surface area contributed by atoms with Crippen LogP contribution in [0.15, 0.2) is 0 Å². The molecule has 0 unspecified atom stereocenters. The maximum atomic E-state index is 5.95. The number of hydrogen-bond acceptors (Lipinski definition) is 2. The predicted molar refractivity (Wildman–Crippen MR) is 63.7 cm³/mol. The van der Waals surface area contributed by atoms with Crippen molar-refractivity contribution in [1.29, 1.82) is 0 Å². The number of aromatic nitrogens is 3. The number of halogens is 1. The fourth-order valence-corrected chi connectivity index (χ4v) is 3.10. The predicted octanol–water partition coefficient (Wildman–Crippen LogP) is 3.18. The summed E-state index contributed by atoms with van der Waals surface area (Å²) in [6.45, 7) is 2.33. The lowest BCUT2D eigenvalue weighted by atomic mass is 9.88. The van der Waals surface area contributed by atoms with E-state index < -0.39 is 0 Å². The van der Waals surface area contributed by atoms with Gasteiger partial charge >= 0.3 is 0 Å². The van der Waals surface area contributed by atoms with Gasteiger partial charge in [0.05, 0.1) is 5.88 Å². The highest BCUT2D eigenvalue weighted by Crippen LogP contribution is 2.44. The molecule has 2 aliphatic carbocycles. The lowest BCUT2D eigenvalue weighted by molar-refractivity contribution is 0.428. The Morgan fingerprint density at radius 2 is 2.00 bits per heavy atom. The van der Waals surface area contributed by atoms with E-state index in [-0.39, 0.29) is 5.41 Å². The van der Waals surface area contributed by atoms with Gasteiger partial charge in [0.1, 0.15) is 11.6 Å². The van der Waals surface area contributed by atoms with Crippen molar-refractivity contribution in [1.82, 2.24) is 14.8 Å². The zero-order valence-electron chi connectivity index (χ0n) is 9.75. The average Bonchev–Trinajstić information content (AvgIpc) is 2.87. The van der Waals surface area contributed by atoms with Crippen LogP contribution in [0.5, 0.6) is 0 Å². The van der Waals surface area contributed by atoms with Crippen LogP contribution in [0.25, 0.3) is 0 Å². The van der Waals surface area contributed by atoms with E-state index in [0.29, 0.717) is 11.9 Å². The van der Waals surface area contributed by atoms with E-state index in [1.165, 1.54) is 44.3 Å². The Morgan fingerprint density at radius 1 is 1.31 bits per heavy atom. The normalized spacial score (nSPS) is 23.9. The van der Waals surface area contributed by atoms with Gasteiger partial charge in [-0.25, -0.2) is 0 Å². The van der Waals surface area contributed by atoms with Crippen molar-refractivity contribution in [3.63, 3.8) is 0 Å². The maximum absolute atomic E-state index is 5.95. The highest BCUT2D eigenvalue weighted by atomic mass is 35.5. The smallest absolute Gasteiger partial charge is 0.148 e. The van der Waals surface area contributed by atoms with Crippen LogP contribution in [0, 0.1) is 0 Å². The minimum atomic E-state index is 0.250. The lowest BCUT2D eigenvalue weighted by Crippen LogP contribution is -2.23. The fourth-order valence-electron chi connectivity index (χ4n) is 2.92. The molecule has 0 bridgehead atoms. The first-order valence-electron chi connectivity index (χ1n) is 6.25. The van der Waals surface area contributed by atoms with Crippen LogP contribution in [0.3, 0.4) is 0 Å². The average molecular weight is 240 g/mol. The quantitative estimate of drug-likeness (QED) is 0.759. The number of alkyl halides is 1. The topological polar surface area (TPSA) is 30.7 Å². The molecule has 0 saturated heterocycles. The van der Waals surface area contributed by atoms with Gasteiger partial charge in [0, 0.05) is 11.5 Å². The molecule has 16 heavy (non-hydrogen) atoms. The van der Waals surface area contributed by atoms with Crippen molar-refractivity contribution in [2.75, 3.05) is 0 Å². The van der Waals surface area contributed by atoms with E-state index in [9.17, 15) is 0 Å². The standard InChI is InChI=1S/C12H18ClN3/c1-12(6-2-3-7-12)11-15-14-10(8-13)16(11)9-4-5-9/h9H,2-8H2,1H3. The minimum Gasteiger partial charge on any atom is -0.310 e. The second kappa shape index (κ2) is 3.73. The molecule has 2 fully saturated rings. The molecule has 1 heterocycles. The number of rotatable bonds is 3. The molecular weight excluding hydrogens is 222 g/mol. The molecule has 0 spiro atoms. The number of hydrogen-bond donors (Lipinski definition) is 0. The molecule has 0 N–H and O–H groups in total. The molecule has 4 heteroatoms. The molecule has 0 radical (unpaired) electrons. The third kappa shape index (κ3) is 1.56. The van der Waals surface area contributed by atoms with Crippen LogP contribution < -0.4 is 0 Å². The van der Waals surface area contributed by atoms with Gasteiger partial charge in [-0.2, -0.15) is 0 Å². The summed E-state index contributed by atoms with van der Waals surface area (Å²) in [6, 6.07) is 0.635. The van der Waals surface area contributed by atoms with Crippen molar-refractivity contribution < 1.29 is 0 Å². The molecule has 2 aliphatic rings. The van der Waals surface area contributed by atoms with Crippen LogP contribution >= 0.6 is 11.6 Å². The van der Waals surface area contributed by atoms with Gasteiger partial charge in [-0.3, -0.25) is 0 Å². The SMILES string of the molecule is CC1(c2nnc(CCl)n2C2CC2)CCCC1. The molecule has 0 amide bonds. The molecule has 0 aliphatic heterocycles. The Bertz CT molecular complexity index is 389. The van der Waals surface area contributed by atoms with Gasteiger partial charge in [-0.1, -0.05) is 19.8 Å². The molecule has 3 nitrogen and oxygen atoms in total. The molecule has 0 aromatic carbocycles. The summed E-state index contributed by atoms with van der Waals surface area (Å²) in [7, 11) is 0. The van der Waals surface area contributed by atoms with E-state index >= 15 is 0 Å². The molecule has 1 aromatic heterocycles. The van der Waals surface area contributed by atoms with Crippen LogP contribution in [-0.4, -0.2) is 14.8 Å². The Kier molecular flexibility index (Phi) is 2.46. The molecular formula is C12H18ClN3. The van der Waals surface area contributed by atoms with Gasteiger partial charge in [-0.05, 0) is 25.7 Å². The summed E-state index contributed by atoms with van der Waals surface area (Å²) >= 11 is 5.95. The largest absolute Gasteiger partial charge is 0.310 e. The summed E-state index contributed by atoms with van der Waals surface area (Å²) < 4.78 is 2.33. The van der Waals surface area contributed by atoms with E-state index in [0.717, 1.165) is 5.82 Å². The third-order valence-electron chi connectivity index (χ3n) is 4.04. The Labute approximate surface area is 101 Å². The van der Waals surface area contributed by atoms with Crippen LogP contribution in [0.4, 0.5) is 0 Å². The Balaban J connectivity index is 2.02. The second-order valence-electron chi connectivity index (χ2n) is 5.44. The highest BCUT2D eigenvalue weighted by molar-refractivity contribution is 6.16. The van der Waals surface area contributed by atoms with Crippen molar-refractivity contribution in [2.24, 2.45) is 0 Å².